The molecule has 1 unspecified atom stereocenters. The van der Waals surface area contributed by atoms with Crippen LogP contribution in [0.4, 0.5) is 0 Å². The van der Waals surface area contributed by atoms with E-state index in [1.165, 1.54) is 0 Å². The average molecular weight is 342 g/mol. The van der Waals surface area contributed by atoms with Crippen LogP contribution in [0.2, 0.25) is 0 Å². The van der Waals surface area contributed by atoms with Gasteiger partial charge in [0, 0.05) is 21.6 Å². The highest BCUT2D eigenvalue weighted by atomic mass is 79.9. The number of para-hydroxylation sites is 1. The summed E-state index contributed by atoms with van der Waals surface area (Å²) in [6.07, 6.45) is 2.35. The summed E-state index contributed by atoms with van der Waals surface area (Å²) in [4.78, 5) is 4.47. The molecule has 2 aromatic carbocycles. The van der Waals surface area contributed by atoms with Gasteiger partial charge in [-0.25, -0.2) is 0 Å². The van der Waals surface area contributed by atoms with E-state index in [9.17, 15) is 5.11 Å². The maximum Gasteiger partial charge on any atom is 0.116 e. The highest BCUT2D eigenvalue weighted by Gasteiger charge is 2.31. The van der Waals surface area contributed by atoms with Crippen molar-refractivity contribution < 1.29 is 5.11 Å². The van der Waals surface area contributed by atoms with Gasteiger partial charge >= 0.3 is 0 Å². The molecule has 0 fully saturated rings. The monoisotopic (exact) mass is 341 g/mol. The van der Waals surface area contributed by atoms with E-state index in [-0.39, 0.29) is 0 Å². The van der Waals surface area contributed by atoms with E-state index in [1.807, 2.05) is 61.5 Å². The van der Waals surface area contributed by atoms with E-state index in [4.69, 9.17) is 0 Å². The third-order valence-electron chi connectivity index (χ3n) is 3.89. The second kappa shape index (κ2) is 5.58. The Hall–Kier alpha value is -1.71. The van der Waals surface area contributed by atoms with Gasteiger partial charge in [-0.05, 0) is 30.2 Å². The van der Waals surface area contributed by atoms with Crippen LogP contribution in [0.25, 0.3) is 10.9 Å². The molecule has 3 aromatic rings. The lowest BCUT2D eigenvalue weighted by molar-refractivity contribution is 0.0778. The molecule has 1 atom stereocenters. The minimum atomic E-state index is -1.04. The van der Waals surface area contributed by atoms with E-state index in [0.717, 1.165) is 26.5 Å². The molecule has 3 rings (SSSR count). The second-order valence-corrected chi connectivity index (χ2v) is 6.02. The Morgan fingerprint density at radius 2 is 1.86 bits per heavy atom. The Balaban J connectivity index is 2.27. The van der Waals surface area contributed by atoms with Crippen molar-refractivity contribution in [2.45, 2.75) is 18.9 Å². The topological polar surface area (TPSA) is 33.1 Å². The predicted molar refractivity (Wildman–Crippen MR) is 89.2 cm³/mol. The Bertz CT molecular complexity index is 782. The number of pyridine rings is 1. The Labute approximate surface area is 132 Å². The Kier molecular flexibility index (Phi) is 3.79. The van der Waals surface area contributed by atoms with Gasteiger partial charge in [-0.15, -0.1) is 0 Å². The molecule has 0 bridgehead atoms. The fourth-order valence-corrected chi connectivity index (χ4v) is 3.13. The van der Waals surface area contributed by atoms with Gasteiger partial charge in [-0.2, -0.15) is 0 Å². The first kappa shape index (κ1) is 14.2. The summed E-state index contributed by atoms with van der Waals surface area (Å²) in [5, 5.41) is 12.4. The van der Waals surface area contributed by atoms with Gasteiger partial charge in [-0.3, -0.25) is 4.98 Å². The first-order valence-corrected chi connectivity index (χ1v) is 7.77. The maximum absolute atomic E-state index is 11.3. The van der Waals surface area contributed by atoms with Crippen molar-refractivity contribution in [3.63, 3.8) is 0 Å². The molecule has 0 saturated heterocycles. The van der Waals surface area contributed by atoms with Crippen molar-refractivity contribution >= 4 is 26.8 Å². The first-order chi connectivity index (χ1) is 10.1. The number of nitrogens with zero attached hydrogens (tertiary/aromatic N) is 1. The first-order valence-electron chi connectivity index (χ1n) is 6.98. The van der Waals surface area contributed by atoms with E-state index in [1.54, 1.807) is 6.20 Å². The molecule has 3 heteroatoms. The van der Waals surface area contributed by atoms with Crippen LogP contribution in [-0.4, -0.2) is 10.1 Å². The van der Waals surface area contributed by atoms with Crippen molar-refractivity contribution in [1.29, 1.82) is 0 Å². The molecule has 1 aromatic heterocycles. The van der Waals surface area contributed by atoms with Crippen LogP contribution >= 0.6 is 15.9 Å². The number of halogens is 1. The molecule has 21 heavy (non-hydrogen) atoms. The van der Waals surface area contributed by atoms with Crippen molar-refractivity contribution in [2.24, 2.45) is 0 Å². The SMILES string of the molecule is CCC(O)(c1cccc(Br)c1)c1cccc2cccnc12. The number of hydrogen-bond acceptors (Lipinski definition) is 2. The molecule has 0 saturated carbocycles. The van der Waals surface area contributed by atoms with Crippen LogP contribution in [-0.2, 0) is 5.60 Å². The van der Waals surface area contributed by atoms with Crippen LogP contribution in [0.1, 0.15) is 24.5 Å². The normalized spacial score (nSPS) is 14.0. The minimum absolute atomic E-state index is 0.582. The van der Waals surface area contributed by atoms with Crippen molar-refractivity contribution in [1.82, 2.24) is 4.98 Å². The minimum Gasteiger partial charge on any atom is -0.380 e. The maximum atomic E-state index is 11.3. The molecule has 0 radical (unpaired) electrons. The van der Waals surface area contributed by atoms with Gasteiger partial charge < -0.3 is 5.11 Å². The molecular formula is C18H16BrNO. The van der Waals surface area contributed by atoms with E-state index >= 15 is 0 Å². The Morgan fingerprint density at radius 1 is 1.10 bits per heavy atom. The number of aliphatic hydroxyl groups is 1. The lowest BCUT2D eigenvalue weighted by Crippen LogP contribution is -2.26. The predicted octanol–water partition coefficient (Wildman–Crippen LogP) is 4.64. The number of benzene rings is 2. The summed E-state index contributed by atoms with van der Waals surface area (Å²) in [5.74, 6) is 0. The van der Waals surface area contributed by atoms with Crippen LogP contribution < -0.4 is 0 Å². The lowest BCUT2D eigenvalue weighted by atomic mass is 9.83. The summed E-state index contributed by atoms with van der Waals surface area (Å²) >= 11 is 3.48. The summed E-state index contributed by atoms with van der Waals surface area (Å²) in [7, 11) is 0. The average Bonchev–Trinajstić information content (AvgIpc) is 2.53. The standard InChI is InChI=1S/C18H16BrNO/c1-2-18(21,14-8-4-9-15(19)12-14)16-10-3-6-13-7-5-11-20-17(13)16/h3-12,21H,2H2,1H3. The van der Waals surface area contributed by atoms with Crippen molar-refractivity contribution in [2.75, 3.05) is 0 Å². The zero-order chi connectivity index (χ0) is 14.9. The lowest BCUT2D eigenvalue weighted by Gasteiger charge is -2.29. The molecule has 106 valence electrons. The number of rotatable bonds is 3. The summed E-state index contributed by atoms with van der Waals surface area (Å²) in [5.41, 5.74) is 1.53. The van der Waals surface area contributed by atoms with E-state index < -0.39 is 5.60 Å². The smallest absolute Gasteiger partial charge is 0.116 e. The molecule has 0 aliphatic rings. The summed E-state index contributed by atoms with van der Waals surface area (Å²) in [6, 6.07) is 17.7. The highest BCUT2D eigenvalue weighted by Crippen LogP contribution is 2.37. The van der Waals surface area contributed by atoms with Crippen molar-refractivity contribution in [3.8, 4) is 0 Å². The molecule has 0 aliphatic heterocycles. The number of aromatic nitrogens is 1. The number of fused-ring (bicyclic) bond motifs is 1. The van der Waals surface area contributed by atoms with Gasteiger partial charge in [0.05, 0.1) is 5.52 Å². The zero-order valence-electron chi connectivity index (χ0n) is 11.8. The quantitative estimate of drug-likeness (QED) is 0.752. The van der Waals surface area contributed by atoms with E-state index in [0.29, 0.717) is 6.42 Å². The van der Waals surface area contributed by atoms with Gasteiger partial charge in [0.1, 0.15) is 5.60 Å². The second-order valence-electron chi connectivity index (χ2n) is 5.10. The van der Waals surface area contributed by atoms with Crippen molar-refractivity contribution in [3.05, 3.63) is 76.4 Å². The zero-order valence-corrected chi connectivity index (χ0v) is 13.3. The fourth-order valence-electron chi connectivity index (χ4n) is 2.73. The Morgan fingerprint density at radius 3 is 2.62 bits per heavy atom. The van der Waals surface area contributed by atoms with Crippen LogP contribution in [0.3, 0.4) is 0 Å². The molecule has 0 amide bonds. The summed E-state index contributed by atoms with van der Waals surface area (Å²) in [6.45, 7) is 1.99. The van der Waals surface area contributed by atoms with Crippen LogP contribution in [0.15, 0.2) is 65.3 Å². The molecule has 1 N–H and O–H groups in total. The highest BCUT2D eigenvalue weighted by molar-refractivity contribution is 9.10. The van der Waals surface area contributed by atoms with Crippen LogP contribution in [0, 0.1) is 0 Å². The largest absolute Gasteiger partial charge is 0.380 e. The summed E-state index contributed by atoms with van der Waals surface area (Å²) < 4.78 is 0.958. The molecule has 0 aliphatic carbocycles. The molecule has 2 nitrogen and oxygen atoms in total. The number of hydrogen-bond donors (Lipinski definition) is 1. The van der Waals surface area contributed by atoms with Gasteiger partial charge in [0.25, 0.3) is 0 Å². The third kappa shape index (κ3) is 2.47. The third-order valence-corrected chi connectivity index (χ3v) is 4.39. The van der Waals surface area contributed by atoms with Crippen LogP contribution in [0.5, 0.6) is 0 Å². The molecule has 0 spiro atoms. The van der Waals surface area contributed by atoms with Gasteiger partial charge in [-0.1, -0.05) is 59.3 Å². The molecule has 1 heterocycles. The fraction of sp³-hybridized carbons (Fsp3) is 0.167. The van der Waals surface area contributed by atoms with Gasteiger partial charge in [0.2, 0.25) is 0 Å². The van der Waals surface area contributed by atoms with E-state index in [2.05, 4.69) is 20.9 Å². The van der Waals surface area contributed by atoms with Gasteiger partial charge in [0.15, 0.2) is 0 Å². The molecular weight excluding hydrogens is 326 g/mol.